The lowest BCUT2D eigenvalue weighted by atomic mass is 10.1. The first kappa shape index (κ1) is 14.7. The summed E-state index contributed by atoms with van der Waals surface area (Å²) in [7, 11) is 1.59. The van der Waals surface area contributed by atoms with Gasteiger partial charge in [0.2, 0.25) is 0 Å². The lowest BCUT2D eigenvalue weighted by Crippen LogP contribution is -2.19. The molecule has 0 aliphatic carbocycles. The number of amides is 1. The number of anilines is 3. The van der Waals surface area contributed by atoms with Gasteiger partial charge in [-0.05, 0) is 49.4 Å². The first-order chi connectivity index (χ1) is 10.1. The summed E-state index contributed by atoms with van der Waals surface area (Å²) in [5.74, 6) is 0.627. The fourth-order valence-electron chi connectivity index (χ4n) is 1.95. The maximum Gasteiger partial charge on any atom is 0.253 e. The molecule has 5 nitrogen and oxygen atoms in total. The third-order valence-corrected chi connectivity index (χ3v) is 2.96. The minimum Gasteiger partial charge on any atom is -0.494 e. The molecule has 0 radical (unpaired) electrons. The Balaban J connectivity index is 2.24. The molecule has 2 aromatic carbocycles. The Kier molecular flexibility index (Phi) is 4.66. The Morgan fingerprint density at radius 1 is 1.19 bits per heavy atom. The van der Waals surface area contributed by atoms with Gasteiger partial charge in [-0.15, -0.1) is 0 Å². The van der Waals surface area contributed by atoms with E-state index in [9.17, 15) is 4.79 Å². The van der Waals surface area contributed by atoms with E-state index in [0.29, 0.717) is 23.5 Å². The van der Waals surface area contributed by atoms with E-state index in [-0.39, 0.29) is 5.91 Å². The zero-order valence-electron chi connectivity index (χ0n) is 12.1. The van der Waals surface area contributed by atoms with Crippen molar-refractivity contribution in [3.8, 4) is 5.75 Å². The van der Waals surface area contributed by atoms with Crippen molar-refractivity contribution in [3.05, 3.63) is 48.0 Å². The van der Waals surface area contributed by atoms with Crippen molar-refractivity contribution < 1.29 is 9.53 Å². The van der Waals surface area contributed by atoms with E-state index in [2.05, 4.69) is 10.6 Å². The van der Waals surface area contributed by atoms with E-state index in [4.69, 9.17) is 10.5 Å². The highest BCUT2D eigenvalue weighted by molar-refractivity contribution is 6.01. The second-order valence-electron chi connectivity index (χ2n) is 4.47. The largest absolute Gasteiger partial charge is 0.494 e. The van der Waals surface area contributed by atoms with E-state index >= 15 is 0 Å². The Labute approximate surface area is 124 Å². The molecular formula is C16H19N3O2. The van der Waals surface area contributed by atoms with Crippen LogP contribution in [0.3, 0.4) is 0 Å². The Morgan fingerprint density at radius 2 is 1.90 bits per heavy atom. The van der Waals surface area contributed by atoms with Crippen LogP contribution in [0, 0.1) is 0 Å². The summed E-state index contributed by atoms with van der Waals surface area (Å²) in [5.41, 5.74) is 8.37. The van der Waals surface area contributed by atoms with Gasteiger partial charge in [0.25, 0.3) is 5.91 Å². The number of rotatable bonds is 5. The van der Waals surface area contributed by atoms with E-state index in [1.807, 2.05) is 31.2 Å². The molecule has 0 saturated heterocycles. The van der Waals surface area contributed by atoms with Crippen molar-refractivity contribution in [2.24, 2.45) is 0 Å². The summed E-state index contributed by atoms with van der Waals surface area (Å²) in [4.78, 5) is 11.9. The second-order valence-corrected chi connectivity index (χ2v) is 4.47. The van der Waals surface area contributed by atoms with Crippen LogP contribution < -0.4 is 21.1 Å². The minimum atomic E-state index is -0.185. The molecule has 5 heteroatoms. The fourth-order valence-corrected chi connectivity index (χ4v) is 1.95. The van der Waals surface area contributed by atoms with E-state index in [1.54, 1.807) is 25.2 Å². The first-order valence-corrected chi connectivity index (χ1v) is 6.75. The molecule has 110 valence electrons. The average molecular weight is 285 g/mol. The predicted molar refractivity (Wildman–Crippen MR) is 85.1 cm³/mol. The number of hydrogen-bond acceptors (Lipinski definition) is 4. The van der Waals surface area contributed by atoms with Crippen LogP contribution in [0.25, 0.3) is 0 Å². The van der Waals surface area contributed by atoms with Gasteiger partial charge in [-0.25, -0.2) is 0 Å². The molecule has 0 aliphatic heterocycles. The number of nitrogens with two attached hydrogens (primary N) is 1. The van der Waals surface area contributed by atoms with Crippen LogP contribution in [0.2, 0.25) is 0 Å². The molecule has 0 atom stereocenters. The highest BCUT2D eigenvalue weighted by atomic mass is 16.5. The molecule has 0 fully saturated rings. The smallest absolute Gasteiger partial charge is 0.253 e. The van der Waals surface area contributed by atoms with Gasteiger partial charge in [0, 0.05) is 18.4 Å². The second kappa shape index (κ2) is 6.65. The number of hydrogen-bond donors (Lipinski definition) is 3. The Hall–Kier alpha value is -2.69. The topological polar surface area (TPSA) is 76.4 Å². The zero-order chi connectivity index (χ0) is 15.2. The van der Waals surface area contributed by atoms with Crippen LogP contribution in [0.1, 0.15) is 17.3 Å². The SMILES string of the molecule is CCOc1ccc(Nc2ccc(N)cc2C(=O)NC)cc1. The van der Waals surface area contributed by atoms with E-state index in [0.717, 1.165) is 11.4 Å². The quantitative estimate of drug-likeness (QED) is 0.738. The summed E-state index contributed by atoms with van der Waals surface area (Å²) >= 11 is 0. The molecule has 0 bridgehead atoms. The van der Waals surface area contributed by atoms with Crippen LogP contribution >= 0.6 is 0 Å². The Morgan fingerprint density at radius 3 is 2.52 bits per heavy atom. The molecular weight excluding hydrogens is 266 g/mol. The summed E-state index contributed by atoms with van der Waals surface area (Å²) in [5, 5.41) is 5.82. The van der Waals surface area contributed by atoms with E-state index in [1.165, 1.54) is 0 Å². The van der Waals surface area contributed by atoms with Crippen molar-refractivity contribution >= 4 is 23.0 Å². The molecule has 0 unspecified atom stereocenters. The average Bonchev–Trinajstić information content (AvgIpc) is 2.50. The summed E-state index contributed by atoms with van der Waals surface area (Å²) in [6, 6.07) is 12.7. The highest BCUT2D eigenvalue weighted by Crippen LogP contribution is 2.24. The summed E-state index contributed by atoms with van der Waals surface area (Å²) in [6.45, 7) is 2.57. The third-order valence-electron chi connectivity index (χ3n) is 2.96. The van der Waals surface area contributed by atoms with Crippen molar-refractivity contribution in [2.75, 3.05) is 24.7 Å². The highest BCUT2D eigenvalue weighted by Gasteiger charge is 2.10. The standard InChI is InChI=1S/C16H19N3O2/c1-3-21-13-7-5-12(6-8-13)19-15-9-4-11(17)10-14(15)16(20)18-2/h4-10,19H,3,17H2,1-2H3,(H,18,20). The fraction of sp³-hybridized carbons (Fsp3) is 0.188. The molecule has 0 aliphatic rings. The molecule has 0 saturated carbocycles. The molecule has 4 N–H and O–H groups in total. The molecule has 2 rings (SSSR count). The van der Waals surface area contributed by atoms with Crippen molar-refractivity contribution in [1.82, 2.24) is 5.32 Å². The number of carbonyl (C=O) groups excluding carboxylic acids is 1. The number of carbonyl (C=O) groups is 1. The normalized spacial score (nSPS) is 10.0. The number of ether oxygens (including phenoxy) is 1. The first-order valence-electron chi connectivity index (χ1n) is 6.75. The summed E-state index contributed by atoms with van der Waals surface area (Å²) in [6.07, 6.45) is 0. The van der Waals surface area contributed by atoms with Crippen LogP contribution in [0.4, 0.5) is 17.1 Å². The van der Waals surface area contributed by atoms with Gasteiger partial charge in [-0.2, -0.15) is 0 Å². The van der Waals surface area contributed by atoms with Crippen molar-refractivity contribution in [2.45, 2.75) is 6.92 Å². The van der Waals surface area contributed by atoms with Crippen molar-refractivity contribution in [3.63, 3.8) is 0 Å². The van der Waals surface area contributed by atoms with Crippen LogP contribution in [0.15, 0.2) is 42.5 Å². The molecule has 21 heavy (non-hydrogen) atoms. The third kappa shape index (κ3) is 3.66. The van der Waals surface area contributed by atoms with Gasteiger partial charge in [-0.3, -0.25) is 4.79 Å². The lowest BCUT2D eigenvalue weighted by molar-refractivity contribution is 0.0964. The monoisotopic (exact) mass is 285 g/mol. The van der Waals surface area contributed by atoms with Crippen LogP contribution in [-0.4, -0.2) is 19.6 Å². The molecule has 0 spiro atoms. The van der Waals surface area contributed by atoms with Crippen LogP contribution in [-0.2, 0) is 0 Å². The van der Waals surface area contributed by atoms with Gasteiger partial charge in [0.1, 0.15) is 5.75 Å². The predicted octanol–water partition coefficient (Wildman–Crippen LogP) is 2.77. The zero-order valence-corrected chi connectivity index (χ0v) is 12.1. The van der Waals surface area contributed by atoms with Crippen molar-refractivity contribution in [1.29, 1.82) is 0 Å². The maximum atomic E-state index is 11.9. The minimum absolute atomic E-state index is 0.185. The van der Waals surface area contributed by atoms with Gasteiger partial charge in [0.05, 0.1) is 17.9 Å². The molecule has 0 aromatic heterocycles. The number of nitrogens with one attached hydrogen (secondary N) is 2. The lowest BCUT2D eigenvalue weighted by Gasteiger charge is -2.12. The maximum absolute atomic E-state index is 11.9. The van der Waals surface area contributed by atoms with Gasteiger partial charge in [0.15, 0.2) is 0 Å². The van der Waals surface area contributed by atoms with Gasteiger partial charge >= 0.3 is 0 Å². The number of nitrogen functional groups attached to an aromatic ring is 1. The number of benzene rings is 2. The summed E-state index contributed by atoms with van der Waals surface area (Å²) < 4.78 is 5.40. The van der Waals surface area contributed by atoms with Gasteiger partial charge < -0.3 is 21.1 Å². The van der Waals surface area contributed by atoms with Gasteiger partial charge in [-0.1, -0.05) is 0 Å². The molecule has 2 aromatic rings. The molecule has 1 amide bonds. The Bertz CT molecular complexity index is 624. The van der Waals surface area contributed by atoms with E-state index < -0.39 is 0 Å². The molecule has 0 heterocycles. The van der Waals surface area contributed by atoms with Crippen LogP contribution in [0.5, 0.6) is 5.75 Å².